The molecule has 30 heavy (non-hydrogen) atoms. The molecule has 6 nitrogen and oxygen atoms in total. The first-order valence-electron chi connectivity index (χ1n) is 9.70. The molecule has 0 heterocycles. The Bertz CT molecular complexity index is 933. The van der Waals surface area contributed by atoms with Gasteiger partial charge in [-0.3, -0.25) is 4.79 Å². The molecule has 0 unspecified atom stereocenters. The van der Waals surface area contributed by atoms with E-state index in [0.29, 0.717) is 18.8 Å². The van der Waals surface area contributed by atoms with Crippen molar-refractivity contribution in [3.05, 3.63) is 75.9 Å². The molecule has 0 aliphatic carbocycles. The summed E-state index contributed by atoms with van der Waals surface area (Å²) in [4.78, 5) is 24.7. The second-order valence-corrected chi connectivity index (χ2v) is 7.41. The van der Waals surface area contributed by atoms with Crippen molar-refractivity contribution in [3.63, 3.8) is 0 Å². The number of carbonyl (C=O) groups is 2. The maximum Gasteiger partial charge on any atom is 0.340 e. The molecule has 0 saturated carbocycles. The van der Waals surface area contributed by atoms with E-state index in [4.69, 9.17) is 4.74 Å². The van der Waals surface area contributed by atoms with Crippen LogP contribution in [0.25, 0.3) is 0 Å². The maximum absolute atomic E-state index is 12.5. The number of esters is 1. The number of amides is 1. The second-order valence-electron chi connectivity index (χ2n) is 6.49. The summed E-state index contributed by atoms with van der Waals surface area (Å²) in [5.74, 6) is -1.10. The molecule has 0 aromatic heterocycles. The Morgan fingerprint density at radius 3 is 2.60 bits per heavy atom. The van der Waals surface area contributed by atoms with Gasteiger partial charge < -0.3 is 15.4 Å². The maximum atomic E-state index is 12.5. The fourth-order valence-corrected chi connectivity index (χ4v) is 2.80. The number of carbonyl (C=O) groups excluding carboxylic acids is 2. The highest BCUT2D eigenvalue weighted by molar-refractivity contribution is 9.10. The molecule has 2 aromatic carbocycles. The quantitative estimate of drug-likeness (QED) is 0.230. The summed E-state index contributed by atoms with van der Waals surface area (Å²) in [5, 5.41) is 14.9. The van der Waals surface area contributed by atoms with Crippen molar-refractivity contribution >= 4 is 33.5 Å². The number of hydrogen-bond acceptors (Lipinski definition) is 5. The number of benzene rings is 2. The van der Waals surface area contributed by atoms with Crippen molar-refractivity contribution in [2.45, 2.75) is 26.2 Å². The Morgan fingerprint density at radius 2 is 1.90 bits per heavy atom. The number of halogens is 1. The molecule has 0 atom stereocenters. The van der Waals surface area contributed by atoms with E-state index in [2.05, 4.69) is 26.6 Å². The molecule has 2 rings (SSSR count). The van der Waals surface area contributed by atoms with Crippen LogP contribution in [0.1, 0.15) is 35.7 Å². The lowest BCUT2D eigenvalue weighted by molar-refractivity contribution is -0.112. The lowest BCUT2D eigenvalue weighted by Crippen LogP contribution is -2.19. The normalized spacial score (nSPS) is 10.8. The molecular formula is C23H24BrN3O3. The van der Waals surface area contributed by atoms with Crippen LogP contribution in [0.5, 0.6) is 0 Å². The first kappa shape index (κ1) is 23.2. The zero-order valence-corrected chi connectivity index (χ0v) is 18.4. The summed E-state index contributed by atoms with van der Waals surface area (Å²) in [6, 6.07) is 16.4. The lowest BCUT2D eigenvalue weighted by atomic mass is 10.1. The predicted octanol–water partition coefficient (Wildman–Crippen LogP) is 4.58. The van der Waals surface area contributed by atoms with Crippen molar-refractivity contribution in [1.82, 2.24) is 5.32 Å². The monoisotopic (exact) mass is 469 g/mol. The van der Waals surface area contributed by atoms with Gasteiger partial charge in [-0.25, -0.2) is 4.79 Å². The molecule has 0 spiro atoms. The van der Waals surface area contributed by atoms with Gasteiger partial charge in [0.2, 0.25) is 0 Å². The molecule has 0 radical (unpaired) electrons. The number of rotatable bonds is 10. The van der Waals surface area contributed by atoms with E-state index in [-0.39, 0.29) is 11.1 Å². The van der Waals surface area contributed by atoms with Gasteiger partial charge in [-0.2, -0.15) is 5.26 Å². The summed E-state index contributed by atoms with van der Waals surface area (Å²) >= 11 is 3.39. The number of nitrogens with zero attached hydrogens (tertiary/aromatic N) is 1. The van der Waals surface area contributed by atoms with E-state index in [0.717, 1.165) is 29.3 Å². The topological polar surface area (TPSA) is 91.2 Å². The van der Waals surface area contributed by atoms with Gasteiger partial charge in [0.15, 0.2) is 0 Å². The lowest BCUT2D eigenvalue weighted by Gasteiger charge is -2.10. The van der Waals surface area contributed by atoms with Crippen molar-refractivity contribution in [2.75, 3.05) is 18.5 Å². The van der Waals surface area contributed by atoms with Crippen LogP contribution in [0, 0.1) is 11.3 Å². The van der Waals surface area contributed by atoms with Crippen molar-refractivity contribution < 1.29 is 14.3 Å². The zero-order valence-electron chi connectivity index (χ0n) is 16.8. The van der Waals surface area contributed by atoms with Crippen LogP contribution in [0.2, 0.25) is 0 Å². The molecule has 2 aromatic rings. The highest BCUT2D eigenvalue weighted by atomic mass is 79.9. The van der Waals surface area contributed by atoms with Crippen LogP contribution in [0.3, 0.4) is 0 Å². The standard InChI is InChI=1S/C23H24BrN3O3/c1-2-3-14-30-23(29)20-6-4-5-7-21(20)27-22(28)18(15-25)16-26-13-12-17-8-10-19(24)11-9-17/h4-11,16,26H,2-3,12-14H2,1H3,(H,27,28)/b18-16-. The summed E-state index contributed by atoms with van der Waals surface area (Å²) < 4.78 is 6.23. The Hall–Kier alpha value is -3.11. The molecule has 156 valence electrons. The van der Waals surface area contributed by atoms with Crippen LogP contribution >= 0.6 is 15.9 Å². The third kappa shape index (κ3) is 7.37. The molecule has 0 aliphatic heterocycles. The second kappa shape index (κ2) is 12.5. The third-order valence-electron chi connectivity index (χ3n) is 4.21. The molecule has 0 fully saturated rings. The highest BCUT2D eigenvalue weighted by Crippen LogP contribution is 2.17. The SMILES string of the molecule is CCCCOC(=O)c1ccccc1NC(=O)/C(C#N)=C\NCCc1ccc(Br)cc1. The average Bonchev–Trinajstić information content (AvgIpc) is 2.75. The zero-order chi connectivity index (χ0) is 21.8. The summed E-state index contributed by atoms with van der Waals surface area (Å²) in [6.07, 6.45) is 3.82. The fourth-order valence-electron chi connectivity index (χ4n) is 2.54. The number of anilines is 1. The summed E-state index contributed by atoms with van der Waals surface area (Å²) in [6.45, 7) is 2.90. The van der Waals surface area contributed by atoms with Crippen LogP contribution in [0.15, 0.2) is 64.8 Å². The van der Waals surface area contributed by atoms with Gasteiger partial charge in [0.25, 0.3) is 5.91 Å². The van der Waals surface area contributed by atoms with Gasteiger partial charge in [0.1, 0.15) is 11.6 Å². The van der Waals surface area contributed by atoms with Crippen LogP contribution in [-0.2, 0) is 16.0 Å². The smallest absolute Gasteiger partial charge is 0.340 e. The van der Waals surface area contributed by atoms with E-state index in [9.17, 15) is 14.9 Å². The largest absolute Gasteiger partial charge is 0.462 e. The molecule has 0 saturated heterocycles. The van der Waals surface area contributed by atoms with Crippen LogP contribution in [0.4, 0.5) is 5.69 Å². The minimum atomic E-state index is -0.595. The van der Waals surface area contributed by atoms with Gasteiger partial charge in [-0.05, 0) is 42.7 Å². The molecule has 2 N–H and O–H groups in total. The third-order valence-corrected chi connectivity index (χ3v) is 4.74. The first-order valence-corrected chi connectivity index (χ1v) is 10.5. The fraction of sp³-hybridized carbons (Fsp3) is 0.261. The number of nitrogens with one attached hydrogen (secondary N) is 2. The predicted molar refractivity (Wildman–Crippen MR) is 120 cm³/mol. The van der Waals surface area contributed by atoms with E-state index < -0.39 is 11.9 Å². The molecule has 7 heteroatoms. The summed E-state index contributed by atoms with van der Waals surface area (Å²) in [7, 11) is 0. The van der Waals surface area contributed by atoms with Crippen molar-refractivity contribution in [3.8, 4) is 6.07 Å². The number of unbranched alkanes of at least 4 members (excludes halogenated alkanes) is 1. The molecular weight excluding hydrogens is 446 g/mol. The highest BCUT2D eigenvalue weighted by Gasteiger charge is 2.16. The van der Waals surface area contributed by atoms with E-state index in [1.807, 2.05) is 37.3 Å². The number of para-hydroxylation sites is 1. The van der Waals surface area contributed by atoms with E-state index in [1.54, 1.807) is 24.3 Å². The minimum absolute atomic E-state index is 0.0834. The summed E-state index contributed by atoms with van der Waals surface area (Å²) in [5.41, 5.74) is 1.61. The Balaban J connectivity index is 1.96. The van der Waals surface area contributed by atoms with Crippen LogP contribution < -0.4 is 10.6 Å². The molecule has 1 amide bonds. The number of ether oxygens (including phenoxy) is 1. The van der Waals surface area contributed by atoms with Gasteiger partial charge in [-0.15, -0.1) is 0 Å². The van der Waals surface area contributed by atoms with Gasteiger partial charge in [0.05, 0.1) is 17.9 Å². The van der Waals surface area contributed by atoms with Gasteiger partial charge in [0, 0.05) is 17.2 Å². The average molecular weight is 470 g/mol. The van der Waals surface area contributed by atoms with Gasteiger partial charge >= 0.3 is 5.97 Å². The first-order chi connectivity index (χ1) is 14.5. The molecule has 0 bridgehead atoms. The van der Waals surface area contributed by atoms with Crippen LogP contribution in [-0.4, -0.2) is 25.0 Å². The Morgan fingerprint density at radius 1 is 1.17 bits per heavy atom. The Kier molecular flexibility index (Phi) is 9.62. The number of hydrogen-bond donors (Lipinski definition) is 2. The van der Waals surface area contributed by atoms with Gasteiger partial charge in [-0.1, -0.05) is 53.5 Å². The Labute approximate surface area is 185 Å². The minimum Gasteiger partial charge on any atom is -0.462 e. The van der Waals surface area contributed by atoms with E-state index >= 15 is 0 Å². The number of nitriles is 1. The molecule has 0 aliphatic rings. The van der Waals surface area contributed by atoms with E-state index in [1.165, 1.54) is 6.20 Å². The van der Waals surface area contributed by atoms with Crippen molar-refractivity contribution in [1.29, 1.82) is 5.26 Å². The van der Waals surface area contributed by atoms with Crippen molar-refractivity contribution in [2.24, 2.45) is 0 Å².